The molecule has 1 heterocycles. The van der Waals surface area contributed by atoms with Crippen molar-refractivity contribution in [3.8, 4) is 5.75 Å². The minimum absolute atomic E-state index is 0.0769. The quantitative estimate of drug-likeness (QED) is 0.900. The Kier molecular flexibility index (Phi) is 4.47. The number of hydrogen-bond donors (Lipinski definition) is 2. The van der Waals surface area contributed by atoms with Gasteiger partial charge in [-0.2, -0.15) is 0 Å². The van der Waals surface area contributed by atoms with Crippen LogP contribution in [0.15, 0.2) is 18.2 Å². The number of benzene rings is 1. The van der Waals surface area contributed by atoms with Crippen LogP contribution in [0, 0.1) is 6.92 Å². The second-order valence-corrected chi connectivity index (χ2v) is 4.71. The molecule has 0 aliphatic carbocycles. The summed E-state index contributed by atoms with van der Waals surface area (Å²) < 4.78 is 0. The Bertz CT molecular complexity index is 671. The van der Waals surface area contributed by atoms with E-state index >= 15 is 0 Å². The summed E-state index contributed by atoms with van der Waals surface area (Å²) in [5.74, 6) is -0.383. The number of anilines is 1. The van der Waals surface area contributed by atoms with E-state index in [1.165, 1.54) is 6.07 Å². The molecular weight excluding hydrogens is 268 g/mol. The highest BCUT2D eigenvalue weighted by atomic mass is 16.3. The topological polar surface area (TPSA) is 88.0 Å². The van der Waals surface area contributed by atoms with Crippen LogP contribution >= 0.6 is 0 Å². The summed E-state index contributed by atoms with van der Waals surface area (Å²) >= 11 is 0. The fourth-order valence-electron chi connectivity index (χ4n) is 1.99. The van der Waals surface area contributed by atoms with Crippen molar-refractivity contribution in [2.45, 2.75) is 33.6 Å². The molecule has 0 unspecified atom stereocenters. The molecule has 0 aliphatic heterocycles. The zero-order chi connectivity index (χ0) is 15.4. The Morgan fingerprint density at radius 1 is 1.19 bits per heavy atom. The predicted octanol–water partition coefficient (Wildman–Crippen LogP) is 2.26. The predicted molar refractivity (Wildman–Crippen MR) is 79.4 cm³/mol. The molecular formula is C15H18N4O2. The second-order valence-electron chi connectivity index (χ2n) is 4.71. The first-order chi connectivity index (χ1) is 10.0. The molecule has 0 radical (unpaired) electrons. The van der Waals surface area contributed by atoms with Gasteiger partial charge >= 0.3 is 0 Å². The van der Waals surface area contributed by atoms with Gasteiger partial charge in [-0.05, 0) is 31.9 Å². The number of rotatable bonds is 4. The maximum Gasteiger partial charge on any atom is 0.261 e. The number of aryl methyl sites for hydroxylation is 3. The van der Waals surface area contributed by atoms with Gasteiger partial charge < -0.3 is 5.11 Å². The van der Waals surface area contributed by atoms with E-state index in [2.05, 4.69) is 20.5 Å². The monoisotopic (exact) mass is 286 g/mol. The number of nitrogens with one attached hydrogen (secondary N) is 1. The van der Waals surface area contributed by atoms with Crippen molar-refractivity contribution in [2.24, 2.45) is 0 Å². The molecule has 0 saturated heterocycles. The minimum atomic E-state index is -0.454. The number of aromatic hydroxyl groups is 1. The van der Waals surface area contributed by atoms with Gasteiger partial charge in [0.25, 0.3) is 5.91 Å². The Morgan fingerprint density at radius 2 is 1.90 bits per heavy atom. The van der Waals surface area contributed by atoms with Crippen molar-refractivity contribution >= 4 is 11.9 Å². The van der Waals surface area contributed by atoms with Crippen molar-refractivity contribution in [2.75, 3.05) is 5.32 Å². The van der Waals surface area contributed by atoms with Gasteiger partial charge in [-0.1, -0.05) is 25.5 Å². The number of aromatic nitrogens is 3. The highest BCUT2D eigenvalue weighted by molar-refractivity contribution is 6.05. The second kappa shape index (κ2) is 6.30. The van der Waals surface area contributed by atoms with Crippen molar-refractivity contribution in [3.05, 3.63) is 40.7 Å². The molecule has 6 heteroatoms. The van der Waals surface area contributed by atoms with E-state index in [0.29, 0.717) is 0 Å². The van der Waals surface area contributed by atoms with Gasteiger partial charge in [-0.15, -0.1) is 10.2 Å². The fourth-order valence-corrected chi connectivity index (χ4v) is 1.99. The van der Waals surface area contributed by atoms with Crippen molar-refractivity contribution in [1.82, 2.24) is 15.2 Å². The van der Waals surface area contributed by atoms with Gasteiger partial charge in [0.05, 0.1) is 17.0 Å². The third-order valence-corrected chi connectivity index (χ3v) is 3.13. The summed E-state index contributed by atoms with van der Waals surface area (Å²) in [6.07, 6.45) is 1.47. The van der Waals surface area contributed by atoms with Gasteiger partial charge in [0.2, 0.25) is 5.95 Å². The lowest BCUT2D eigenvalue weighted by Gasteiger charge is -2.08. The largest absolute Gasteiger partial charge is 0.507 e. The maximum atomic E-state index is 12.2. The van der Waals surface area contributed by atoms with Gasteiger partial charge in [-0.25, -0.2) is 4.98 Å². The van der Waals surface area contributed by atoms with E-state index < -0.39 is 5.91 Å². The van der Waals surface area contributed by atoms with Gasteiger partial charge in [-0.3, -0.25) is 10.1 Å². The van der Waals surface area contributed by atoms with Crippen LogP contribution in [0.5, 0.6) is 5.75 Å². The number of nitrogens with zero attached hydrogens (tertiary/aromatic N) is 3. The standard InChI is InChI=1S/C15H18N4O2/c1-4-11-12(5-2)18-19-15(16-11)17-14(21)10-8-9(3)6-7-13(10)20/h6-8,20H,4-5H2,1-3H3,(H,16,17,19,21). The van der Waals surface area contributed by atoms with E-state index in [9.17, 15) is 9.90 Å². The summed E-state index contributed by atoms with van der Waals surface area (Å²) in [6, 6.07) is 4.83. The van der Waals surface area contributed by atoms with Crippen LogP contribution in [-0.4, -0.2) is 26.2 Å². The number of carbonyl (C=O) groups excluding carboxylic acids is 1. The number of carbonyl (C=O) groups is 1. The van der Waals surface area contributed by atoms with Crippen LogP contribution in [0.3, 0.4) is 0 Å². The van der Waals surface area contributed by atoms with Crippen LogP contribution in [0.1, 0.15) is 41.2 Å². The molecule has 0 aliphatic rings. The highest BCUT2D eigenvalue weighted by Crippen LogP contribution is 2.19. The van der Waals surface area contributed by atoms with Crippen molar-refractivity contribution in [3.63, 3.8) is 0 Å². The van der Waals surface area contributed by atoms with Crippen molar-refractivity contribution < 1.29 is 9.90 Å². The van der Waals surface area contributed by atoms with Crippen LogP contribution in [0.25, 0.3) is 0 Å². The van der Waals surface area contributed by atoms with Crippen LogP contribution in [0.4, 0.5) is 5.95 Å². The van der Waals surface area contributed by atoms with Gasteiger partial charge in [0.1, 0.15) is 5.75 Å². The van der Waals surface area contributed by atoms with Gasteiger partial charge in [0.15, 0.2) is 0 Å². The van der Waals surface area contributed by atoms with Gasteiger partial charge in [0, 0.05) is 0 Å². The lowest BCUT2D eigenvalue weighted by Crippen LogP contribution is -2.16. The summed E-state index contributed by atoms with van der Waals surface area (Å²) in [4.78, 5) is 16.5. The fraction of sp³-hybridized carbons (Fsp3) is 0.333. The Labute approximate surface area is 123 Å². The summed E-state index contributed by atoms with van der Waals surface area (Å²) in [5, 5.41) is 20.3. The number of phenols is 1. The molecule has 2 rings (SSSR count). The molecule has 110 valence electrons. The first-order valence-corrected chi connectivity index (χ1v) is 6.88. The van der Waals surface area contributed by atoms with E-state index in [1.807, 2.05) is 20.8 Å². The maximum absolute atomic E-state index is 12.2. The first kappa shape index (κ1) is 14.9. The minimum Gasteiger partial charge on any atom is -0.507 e. The molecule has 1 aromatic carbocycles. The first-order valence-electron chi connectivity index (χ1n) is 6.88. The molecule has 0 spiro atoms. The van der Waals surface area contributed by atoms with E-state index in [1.54, 1.807) is 12.1 Å². The van der Waals surface area contributed by atoms with E-state index in [-0.39, 0.29) is 17.3 Å². The molecule has 6 nitrogen and oxygen atoms in total. The van der Waals surface area contributed by atoms with Crippen LogP contribution < -0.4 is 5.32 Å². The molecule has 1 aromatic heterocycles. The summed E-state index contributed by atoms with van der Waals surface area (Å²) in [7, 11) is 0. The Morgan fingerprint density at radius 3 is 2.57 bits per heavy atom. The Balaban J connectivity index is 2.25. The molecule has 1 amide bonds. The summed E-state index contributed by atoms with van der Waals surface area (Å²) in [5.41, 5.74) is 2.72. The Hall–Kier alpha value is -2.50. The normalized spacial score (nSPS) is 10.4. The molecule has 0 fully saturated rings. The SMILES string of the molecule is CCc1nnc(NC(=O)c2cc(C)ccc2O)nc1CC. The average Bonchev–Trinajstić information content (AvgIpc) is 2.49. The molecule has 21 heavy (non-hydrogen) atoms. The average molecular weight is 286 g/mol. The number of phenolic OH excluding ortho intramolecular Hbond substituents is 1. The summed E-state index contributed by atoms with van der Waals surface area (Å²) in [6.45, 7) is 5.80. The van der Waals surface area contributed by atoms with Crippen molar-refractivity contribution in [1.29, 1.82) is 0 Å². The van der Waals surface area contributed by atoms with E-state index in [0.717, 1.165) is 29.8 Å². The third-order valence-electron chi connectivity index (χ3n) is 3.13. The lowest BCUT2D eigenvalue weighted by atomic mass is 10.1. The lowest BCUT2D eigenvalue weighted by molar-refractivity contribution is 0.102. The zero-order valence-corrected chi connectivity index (χ0v) is 12.3. The smallest absolute Gasteiger partial charge is 0.261 e. The van der Waals surface area contributed by atoms with E-state index in [4.69, 9.17) is 0 Å². The molecule has 2 aromatic rings. The highest BCUT2D eigenvalue weighted by Gasteiger charge is 2.14. The third kappa shape index (κ3) is 3.34. The molecule has 0 atom stereocenters. The zero-order valence-electron chi connectivity index (χ0n) is 12.3. The number of hydrogen-bond acceptors (Lipinski definition) is 5. The molecule has 2 N–H and O–H groups in total. The molecule has 0 bridgehead atoms. The van der Waals surface area contributed by atoms with Crippen LogP contribution in [-0.2, 0) is 12.8 Å². The van der Waals surface area contributed by atoms with Crippen LogP contribution in [0.2, 0.25) is 0 Å². The number of amides is 1. The molecule has 0 saturated carbocycles.